The molecule has 13 nitrogen and oxygen atoms in total. The van der Waals surface area contributed by atoms with Gasteiger partial charge in [-0.3, -0.25) is 29.2 Å². The summed E-state index contributed by atoms with van der Waals surface area (Å²) in [6.07, 6.45) is 4.51. The van der Waals surface area contributed by atoms with Gasteiger partial charge < -0.3 is 25.4 Å². The van der Waals surface area contributed by atoms with Crippen molar-refractivity contribution in [2.24, 2.45) is 11.7 Å². The molecular formula is C32H42N6O7. The van der Waals surface area contributed by atoms with Crippen molar-refractivity contribution in [3.63, 3.8) is 0 Å². The van der Waals surface area contributed by atoms with E-state index in [4.69, 9.17) is 15.2 Å². The number of nitrogens with one attached hydrogen (secondary N) is 2. The van der Waals surface area contributed by atoms with Gasteiger partial charge in [0.2, 0.25) is 17.9 Å². The van der Waals surface area contributed by atoms with Crippen LogP contribution in [-0.4, -0.2) is 95.0 Å². The van der Waals surface area contributed by atoms with Crippen molar-refractivity contribution in [1.82, 2.24) is 25.6 Å². The molecule has 4 rings (SSSR count). The minimum absolute atomic E-state index is 0.0799. The van der Waals surface area contributed by atoms with Crippen LogP contribution in [0.4, 0.5) is 0 Å². The van der Waals surface area contributed by atoms with E-state index in [1.54, 1.807) is 26.0 Å². The number of hydrazine groups is 1. The number of esters is 1. The van der Waals surface area contributed by atoms with Crippen molar-refractivity contribution in [2.45, 2.75) is 70.7 Å². The molecule has 0 radical (unpaired) electrons. The second-order valence-electron chi connectivity index (χ2n) is 11.8. The molecule has 2 aromatic rings. The van der Waals surface area contributed by atoms with Gasteiger partial charge in [-0.2, -0.15) is 0 Å². The molecule has 1 aromatic heterocycles. The minimum atomic E-state index is -1.68. The number of amides is 4. The van der Waals surface area contributed by atoms with E-state index >= 15 is 0 Å². The smallest absolute Gasteiger partial charge is 0.345 e. The fourth-order valence-corrected chi connectivity index (χ4v) is 5.31. The number of hydrogen-bond donors (Lipinski definition) is 3. The Morgan fingerprint density at radius 2 is 1.96 bits per heavy atom. The Morgan fingerprint density at radius 3 is 2.64 bits per heavy atom. The number of hydrogen-bond acceptors (Lipinski definition) is 9. The van der Waals surface area contributed by atoms with Gasteiger partial charge in [0, 0.05) is 24.2 Å². The zero-order valence-electron chi connectivity index (χ0n) is 26.2. The average molecular weight is 623 g/mol. The van der Waals surface area contributed by atoms with Crippen molar-refractivity contribution < 1.29 is 33.4 Å². The Balaban J connectivity index is 1.52. The highest BCUT2D eigenvalue weighted by Gasteiger charge is 2.45. The zero-order chi connectivity index (χ0) is 32.7. The van der Waals surface area contributed by atoms with Gasteiger partial charge in [0.25, 0.3) is 11.8 Å². The monoisotopic (exact) mass is 622 g/mol. The minimum Gasteiger partial charge on any atom is -0.450 e. The fourth-order valence-electron chi connectivity index (χ4n) is 5.31. The van der Waals surface area contributed by atoms with E-state index in [9.17, 15) is 24.0 Å². The molecule has 0 spiro atoms. The number of fused-ring (bicyclic) bond motifs is 1. The Bertz CT molecular complexity index is 1460. The summed E-state index contributed by atoms with van der Waals surface area (Å²) in [4.78, 5) is 69.6. The highest BCUT2D eigenvalue weighted by Crippen LogP contribution is 2.26. The molecular weight excluding hydrogens is 580 g/mol. The number of carbonyl (C=O) groups is 5. The van der Waals surface area contributed by atoms with Gasteiger partial charge in [-0.05, 0) is 55.9 Å². The van der Waals surface area contributed by atoms with Crippen molar-refractivity contribution in [1.29, 1.82) is 0 Å². The summed E-state index contributed by atoms with van der Waals surface area (Å²) < 4.78 is 11.8. The molecule has 2 fully saturated rings. The molecule has 2 saturated heterocycles. The molecule has 0 saturated carbocycles. The number of rotatable bonds is 11. The number of aromatic nitrogens is 1. The second kappa shape index (κ2) is 14.6. The Morgan fingerprint density at radius 1 is 1.20 bits per heavy atom. The molecule has 1 aromatic carbocycles. The molecule has 2 aliphatic heterocycles. The van der Waals surface area contributed by atoms with Gasteiger partial charge >= 0.3 is 5.97 Å². The number of benzene rings is 1. The third kappa shape index (κ3) is 8.03. The van der Waals surface area contributed by atoms with Crippen molar-refractivity contribution >= 4 is 47.1 Å². The van der Waals surface area contributed by atoms with E-state index in [1.165, 1.54) is 16.8 Å². The summed E-state index contributed by atoms with van der Waals surface area (Å²) in [7, 11) is 0. The fraction of sp³-hybridized carbons (Fsp3) is 0.500. The van der Waals surface area contributed by atoms with Gasteiger partial charge in [0.05, 0.1) is 18.7 Å². The van der Waals surface area contributed by atoms with E-state index in [1.807, 2.05) is 37.3 Å². The standard InChI is InChI=1S/C32H42N6O7/c1-5-24-11-10-23-9-8-22(17-26(23)35-24)12-13-32(18-37(19-39)15-16-44-32)31(43)45-27(20(2)3)29(41)34-21(4)30(42)38-14-6-7-25(36-38)28(33)40/h8-13,17,19-21,25,27,36H,5-7,14-16,18H2,1-4H3,(H2,33,40)(H,34,41)/b13-12+/t21?,25-,27?,32?/m0/s1. The van der Waals surface area contributed by atoms with Gasteiger partial charge in [-0.1, -0.05) is 45.0 Å². The van der Waals surface area contributed by atoms with E-state index < -0.39 is 53.4 Å². The lowest BCUT2D eigenvalue weighted by molar-refractivity contribution is -0.184. The van der Waals surface area contributed by atoms with Crippen LogP contribution in [0.25, 0.3) is 17.0 Å². The number of primary amides is 1. The zero-order valence-corrected chi connectivity index (χ0v) is 26.2. The third-order valence-corrected chi connectivity index (χ3v) is 7.97. The predicted octanol–water partition coefficient (Wildman–Crippen LogP) is 1.09. The van der Waals surface area contributed by atoms with Gasteiger partial charge in [-0.15, -0.1) is 0 Å². The first-order valence-electron chi connectivity index (χ1n) is 15.3. The van der Waals surface area contributed by atoms with Crippen LogP contribution in [0.3, 0.4) is 0 Å². The molecule has 4 N–H and O–H groups in total. The van der Waals surface area contributed by atoms with Crippen LogP contribution in [0, 0.1) is 5.92 Å². The van der Waals surface area contributed by atoms with E-state index in [0.717, 1.165) is 28.6 Å². The molecule has 3 unspecified atom stereocenters. The van der Waals surface area contributed by atoms with Gasteiger partial charge in [0.1, 0.15) is 12.1 Å². The summed E-state index contributed by atoms with van der Waals surface area (Å²) in [5.74, 6) is -3.00. The highest BCUT2D eigenvalue weighted by molar-refractivity contribution is 5.92. The van der Waals surface area contributed by atoms with Crippen molar-refractivity contribution in [3.8, 4) is 0 Å². The largest absolute Gasteiger partial charge is 0.450 e. The number of nitrogens with zero attached hydrogens (tertiary/aromatic N) is 3. The molecule has 3 heterocycles. The van der Waals surface area contributed by atoms with Crippen LogP contribution in [0.15, 0.2) is 36.4 Å². The summed E-state index contributed by atoms with van der Waals surface area (Å²) in [6.45, 7) is 7.57. The second-order valence-corrected chi connectivity index (χ2v) is 11.8. The van der Waals surface area contributed by atoms with Crippen LogP contribution < -0.4 is 16.5 Å². The van der Waals surface area contributed by atoms with Gasteiger partial charge in [0.15, 0.2) is 6.10 Å². The van der Waals surface area contributed by atoms with Crippen LogP contribution in [-0.2, 0) is 39.9 Å². The number of aryl methyl sites for hydroxylation is 1. The normalized spacial score (nSPS) is 21.8. The molecule has 45 heavy (non-hydrogen) atoms. The molecule has 0 bridgehead atoms. The van der Waals surface area contributed by atoms with Gasteiger partial charge in [-0.25, -0.2) is 10.2 Å². The van der Waals surface area contributed by atoms with Crippen molar-refractivity contribution in [3.05, 3.63) is 47.7 Å². The van der Waals surface area contributed by atoms with Crippen LogP contribution in [0.2, 0.25) is 0 Å². The Labute approximate surface area is 262 Å². The van der Waals surface area contributed by atoms with Crippen LogP contribution in [0.5, 0.6) is 0 Å². The lowest BCUT2D eigenvalue weighted by Crippen LogP contribution is -2.61. The summed E-state index contributed by atoms with van der Waals surface area (Å²) in [6, 6.07) is 8.03. The first-order chi connectivity index (χ1) is 21.5. The maximum absolute atomic E-state index is 13.8. The van der Waals surface area contributed by atoms with E-state index in [0.29, 0.717) is 32.3 Å². The van der Waals surface area contributed by atoms with Crippen LogP contribution in [0.1, 0.15) is 51.8 Å². The van der Waals surface area contributed by atoms with Crippen LogP contribution >= 0.6 is 0 Å². The summed E-state index contributed by atoms with van der Waals surface area (Å²) >= 11 is 0. The Kier molecular flexibility index (Phi) is 10.9. The maximum atomic E-state index is 13.8. The maximum Gasteiger partial charge on any atom is 0.345 e. The number of pyridine rings is 1. The number of morpholine rings is 1. The summed E-state index contributed by atoms with van der Waals surface area (Å²) in [5.41, 5.74) is 9.03. The lowest BCUT2D eigenvalue weighted by Gasteiger charge is -2.38. The number of ether oxygens (including phenoxy) is 2. The SMILES string of the molecule is CCc1ccc2ccc(/C=C/C3(C(=O)OC(C(=O)NC(C)C(=O)N4CCC[C@@H](C(N)=O)N4)C(C)C)CN(C=O)CCO3)cc2n1. The Hall–Kier alpha value is -4.36. The molecule has 2 aliphatic rings. The topological polar surface area (TPSA) is 173 Å². The van der Waals surface area contributed by atoms with Crippen molar-refractivity contribution in [2.75, 3.05) is 26.2 Å². The molecule has 0 aliphatic carbocycles. The third-order valence-electron chi connectivity index (χ3n) is 7.97. The van der Waals surface area contributed by atoms with E-state index in [2.05, 4.69) is 15.7 Å². The summed E-state index contributed by atoms with van der Waals surface area (Å²) in [5, 5.41) is 4.88. The molecule has 4 amide bonds. The predicted molar refractivity (Wildman–Crippen MR) is 166 cm³/mol. The average Bonchev–Trinajstić information content (AvgIpc) is 3.05. The first kappa shape index (κ1) is 33.5. The first-order valence-corrected chi connectivity index (χ1v) is 15.3. The molecule has 13 heteroatoms. The van der Waals surface area contributed by atoms with E-state index in [-0.39, 0.29) is 13.2 Å². The molecule has 4 atom stereocenters. The quantitative estimate of drug-likeness (QED) is 0.245. The number of carbonyl (C=O) groups excluding carboxylic acids is 5. The lowest BCUT2D eigenvalue weighted by atomic mass is 9.98. The highest BCUT2D eigenvalue weighted by atomic mass is 16.6. The molecule has 242 valence electrons. The number of nitrogens with two attached hydrogens (primary N) is 1.